The van der Waals surface area contributed by atoms with Crippen LogP contribution in [0.4, 0.5) is 0 Å². The summed E-state index contributed by atoms with van der Waals surface area (Å²) in [5.74, 6) is 0. The highest BCUT2D eigenvalue weighted by Crippen LogP contribution is 2.49. The molecule has 1 heteroatoms. The SMILES string of the molecule is c1ccc(-n2c3cccc4c3c3c5c(cccc5ccc32)-c2ccccc2-4)cc1. The minimum atomic E-state index is 1.20. The van der Waals surface area contributed by atoms with Gasteiger partial charge in [0.05, 0.1) is 11.0 Å². The van der Waals surface area contributed by atoms with Crippen molar-refractivity contribution in [3.63, 3.8) is 0 Å². The zero-order valence-corrected chi connectivity index (χ0v) is 15.8. The summed E-state index contributed by atoms with van der Waals surface area (Å²) in [5, 5.41) is 5.38. The first-order chi connectivity index (χ1) is 14.4. The molecule has 134 valence electrons. The van der Waals surface area contributed by atoms with Gasteiger partial charge in [-0.2, -0.15) is 0 Å². The first-order valence-electron chi connectivity index (χ1n) is 10.1. The standard InChI is InChI=1S/C28H17N/c1-2-9-19(10-3-1)29-24-15-7-14-23-21-12-5-4-11-20(21)22-13-6-8-18-16-17-25(29)28(26(18)22)27(23)24/h1-17H. The van der Waals surface area contributed by atoms with Gasteiger partial charge in [0.1, 0.15) is 0 Å². The number of fused-ring (bicyclic) bond motifs is 3. The Morgan fingerprint density at radius 1 is 0.379 bits per heavy atom. The van der Waals surface area contributed by atoms with Crippen molar-refractivity contribution in [1.29, 1.82) is 0 Å². The van der Waals surface area contributed by atoms with Crippen LogP contribution in [0.5, 0.6) is 0 Å². The van der Waals surface area contributed by atoms with Crippen molar-refractivity contribution in [3.8, 4) is 27.9 Å². The molecule has 0 bridgehead atoms. The van der Waals surface area contributed by atoms with Gasteiger partial charge in [0.15, 0.2) is 0 Å². The Hall–Kier alpha value is -3.84. The Labute approximate surface area is 168 Å². The normalized spacial score (nSPS) is 12.1. The van der Waals surface area contributed by atoms with Gasteiger partial charge in [0.25, 0.3) is 0 Å². The van der Waals surface area contributed by atoms with Crippen LogP contribution in [0.25, 0.3) is 60.5 Å². The number of nitrogens with zero attached hydrogens (tertiary/aromatic N) is 1. The average Bonchev–Trinajstić information content (AvgIpc) is 3.07. The molecule has 7 rings (SSSR count). The van der Waals surface area contributed by atoms with Crippen LogP contribution in [0, 0.1) is 0 Å². The van der Waals surface area contributed by atoms with Crippen molar-refractivity contribution in [2.75, 3.05) is 0 Å². The highest BCUT2D eigenvalue weighted by Gasteiger charge is 2.23. The van der Waals surface area contributed by atoms with Crippen LogP contribution in [-0.2, 0) is 0 Å². The summed E-state index contributed by atoms with van der Waals surface area (Å²) in [4.78, 5) is 0. The predicted molar refractivity (Wildman–Crippen MR) is 123 cm³/mol. The molecule has 0 radical (unpaired) electrons. The fourth-order valence-corrected chi connectivity index (χ4v) is 5.18. The molecule has 29 heavy (non-hydrogen) atoms. The predicted octanol–water partition coefficient (Wildman–Crippen LogP) is 7.58. The lowest BCUT2D eigenvalue weighted by Crippen LogP contribution is -1.94. The van der Waals surface area contributed by atoms with E-state index in [2.05, 4.69) is 108 Å². The van der Waals surface area contributed by atoms with Crippen LogP contribution in [0.15, 0.2) is 103 Å². The zero-order chi connectivity index (χ0) is 18.9. The van der Waals surface area contributed by atoms with E-state index in [0.717, 1.165) is 0 Å². The van der Waals surface area contributed by atoms with E-state index in [9.17, 15) is 0 Å². The van der Waals surface area contributed by atoms with Gasteiger partial charge in [-0.05, 0) is 57.3 Å². The molecule has 0 fully saturated rings. The summed E-state index contributed by atoms with van der Waals surface area (Å²) in [5.41, 5.74) is 9.02. The van der Waals surface area contributed by atoms with E-state index in [1.807, 2.05) is 0 Å². The second-order valence-corrected chi connectivity index (χ2v) is 7.78. The van der Waals surface area contributed by atoms with Crippen molar-refractivity contribution in [1.82, 2.24) is 4.57 Å². The van der Waals surface area contributed by atoms with E-state index in [-0.39, 0.29) is 0 Å². The molecule has 1 aromatic heterocycles. The number of hydrogen-bond acceptors (Lipinski definition) is 0. The topological polar surface area (TPSA) is 4.93 Å². The Kier molecular flexibility index (Phi) is 2.80. The second kappa shape index (κ2) is 5.36. The molecule has 1 nitrogen and oxygen atoms in total. The van der Waals surface area contributed by atoms with E-state index in [0.29, 0.717) is 0 Å². The van der Waals surface area contributed by atoms with Crippen molar-refractivity contribution >= 4 is 32.6 Å². The molecule has 1 aliphatic rings. The van der Waals surface area contributed by atoms with Crippen LogP contribution in [0.3, 0.4) is 0 Å². The molecular weight excluding hydrogens is 350 g/mol. The van der Waals surface area contributed by atoms with Gasteiger partial charge < -0.3 is 4.57 Å². The monoisotopic (exact) mass is 367 g/mol. The maximum absolute atomic E-state index is 2.42. The second-order valence-electron chi connectivity index (χ2n) is 7.78. The van der Waals surface area contributed by atoms with Gasteiger partial charge in [0, 0.05) is 16.5 Å². The van der Waals surface area contributed by atoms with Gasteiger partial charge in [-0.1, -0.05) is 78.9 Å². The average molecular weight is 367 g/mol. The van der Waals surface area contributed by atoms with Crippen molar-refractivity contribution in [3.05, 3.63) is 103 Å². The summed E-state index contributed by atoms with van der Waals surface area (Å²) in [6.45, 7) is 0. The number of para-hydroxylation sites is 1. The summed E-state index contributed by atoms with van der Waals surface area (Å²) in [7, 11) is 0. The Bertz CT molecular complexity index is 1590. The molecule has 0 saturated carbocycles. The molecule has 0 N–H and O–H groups in total. The van der Waals surface area contributed by atoms with E-state index >= 15 is 0 Å². The quantitative estimate of drug-likeness (QED) is 0.282. The first-order valence-corrected chi connectivity index (χ1v) is 10.1. The van der Waals surface area contributed by atoms with E-state index in [4.69, 9.17) is 0 Å². The molecular formula is C28H17N. The van der Waals surface area contributed by atoms with Crippen molar-refractivity contribution in [2.45, 2.75) is 0 Å². The molecule has 0 spiro atoms. The molecule has 0 atom stereocenters. The minimum Gasteiger partial charge on any atom is -0.309 e. The molecule has 0 saturated heterocycles. The highest BCUT2D eigenvalue weighted by atomic mass is 15.0. The third-order valence-electron chi connectivity index (χ3n) is 6.32. The van der Waals surface area contributed by atoms with Crippen LogP contribution < -0.4 is 0 Å². The van der Waals surface area contributed by atoms with Crippen molar-refractivity contribution < 1.29 is 0 Å². The van der Waals surface area contributed by atoms with Gasteiger partial charge in [-0.25, -0.2) is 0 Å². The lowest BCUT2D eigenvalue weighted by Gasteiger charge is -2.13. The number of aromatic nitrogens is 1. The first kappa shape index (κ1) is 15.1. The molecule has 1 aliphatic carbocycles. The Balaban J connectivity index is 1.84. The van der Waals surface area contributed by atoms with Crippen LogP contribution in [0.2, 0.25) is 0 Å². The molecule has 5 aromatic carbocycles. The largest absolute Gasteiger partial charge is 0.309 e. The molecule has 1 heterocycles. The van der Waals surface area contributed by atoms with E-state index in [1.165, 1.54) is 60.5 Å². The molecule has 0 unspecified atom stereocenters. The maximum Gasteiger partial charge on any atom is 0.0547 e. The van der Waals surface area contributed by atoms with Gasteiger partial charge in [0.2, 0.25) is 0 Å². The zero-order valence-electron chi connectivity index (χ0n) is 15.8. The summed E-state index contributed by atoms with van der Waals surface area (Å²) < 4.78 is 2.42. The number of benzene rings is 5. The van der Waals surface area contributed by atoms with Crippen molar-refractivity contribution in [2.24, 2.45) is 0 Å². The van der Waals surface area contributed by atoms with E-state index < -0.39 is 0 Å². The third kappa shape index (κ3) is 1.85. The summed E-state index contributed by atoms with van der Waals surface area (Å²) in [6.07, 6.45) is 0. The van der Waals surface area contributed by atoms with Gasteiger partial charge in [-0.3, -0.25) is 0 Å². The Morgan fingerprint density at radius 3 is 1.79 bits per heavy atom. The minimum absolute atomic E-state index is 1.20. The lowest BCUT2D eigenvalue weighted by molar-refractivity contribution is 1.18. The summed E-state index contributed by atoms with van der Waals surface area (Å²) >= 11 is 0. The lowest BCUT2D eigenvalue weighted by atomic mass is 9.93. The molecule has 6 aromatic rings. The van der Waals surface area contributed by atoms with Gasteiger partial charge >= 0.3 is 0 Å². The Morgan fingerprint density at radius 2 is 1.00 bits per heavy atom. The smallest absolute Gasteiger partial charge is 0.0547 e. The fourth-order valence-electron chi connectivity index (χ4n) is 5.18. The van der Waals surface area contributed by atoms with Crippen LogP contribution in [-0.4, -0.2) is 4.57 Å². The summed E-state index contributed by atoms with van der Waals surface area (Å²) in [6, 6.07) is 37.5. The third-order valence-corrected chi connectivity index (χ3v) is 6.32. The fraction of sp³-hybridized carbons (Fsp3) is 0. The highest BCUT2D eigenvalue weighted by molar-refractivity contribution is 6.30. The number of hydrogen-bond donors (Lipinski definition) is 0. The number of rotatable bonds is 1. The van der Waals surface area contributed by atoms with E-state index in [1.54, 1.807) is 0 Å². The molecule has 0 amide bonds. The van der Waals surface area contributed by atoms with Crippen LogP contribution >= 0.6 is 0 Å². The van der Waals surface area contributed by atoms with Gasteiger partial charge in [-0.15, -0.1) is 0 Å². The molecule has 0 aliphatic heterocycles. The maximum atomic E-state index is 2.42. The van der Waals surface area contributed by atoms with Crippen LogP contribution in [0.1, 0.15) is 0 Å².